The van der Waals surface area contributed by atoms with Gasteiger partial charge >= 0.3 is 0 Å². The summed E-state index contributed by atoms with van der Waals surface area (Å²) in [6.45, 7) is -0.334. The maximum Gasteiger partial charge on any atom is 0.274 e. The molecule has 0 aliphatic heterocycles. The van der Waals surface area contributed by atoms with Crippen molar-refractivity contribution in [2.75, 3.05) is 5.75 Å². The zero-order valence-electron chi connectivity index (χ0n) is 7.96. The van der Waals surface area contributed by atoms with Gasteiger partial charge < -0.3 is 5.11 Å². The van der Waals surface area contributed by atoms with Crippen LogP contribution in [0.15, 0.2) is 24.3 Å². The molecule has 1 rings (SSSR count). The number of nitro benzene ring substituents is 1. The highest BCUT2D eigenvalue weighted by Crippen LogP contribution is 2.20. The van der Waals surface area contributed by atoms with Gasteiger partial charge in [0.05, 0.1) is 17.1 Å². The van der Waals surface area contributed by atoms with Crippen LogP contribution in [0.1, 0.15) is 11.1 Å². The molecular weight excluding hydrogens is 214 g/mol. The third-order valence-electron chi connectivity index (χ3n) is 1.89. The average Bonchev–Trinajstić information content (AvgIpc) is 2.25. The molecule has 4 nitrogen and oxygen atoms in total. The van der Waals surface area contributed by atoms with E-state index in [9.17, 15) is 10.1 Å². The highest BCUT2D eigenvalue weighted by molar-refractivity contribution is 7.80. The third-order valence-corrected chi connectivity index (χ3v) is 2.10. The predicted octanol–water partition coefficient (Wildman–Crippen LogP) is 2.03. The number of thiol groups is 1. The molecule has 15 heavy (non-hydrogen) atoms. The van der Waals surface area contributed by atoms with Crippen molar-refractivity contribution < 1.29 is 10.0 Å². The molecule has 1 aromatic rings. The SMILES string of the molecule is O=[N+]([O-])c1ccc(C=CCS)cc1CO. The highest BCUT2D eigenvalue weighted by Gasteiger charge is 2.11. The van der Waals surface area contributed by atoms with Crippen molar-refractivity contribution in [3.63, 3.8) is 0 Å². The molecule has 0 fully saturated rings. The molecule has 0 saturated carbocycles. The minimum absolute atomic E-state index is 0.0551. The molecule has 0 unspecified atom stereocenters. The van der Waals surface area contributed by atoms with E-state index in [0.29, 0.717) is 11.3 Å². The Hall–Kier alpha value is -1.33. The molecule has 0 amide bonds. The molecule has 0 aliphatic carbocycles. The van der Waals surface area contributed by atoms with Crippen molar-refractivity contribution in [1.29, 1.82) is 0 Å². The normalized spacial score (nSPS) is 10.8. The van der Waals surface area contributed by atoms with E-state index in [1.165, 1.54) is 6.07 Å². The molecule has 0 radical (unpaired) electrons. The standard InChI is InChI=1S/C10H11NO3S/c12-7-9-6-8(2-1-5-15)3-4-10(9)11(13)14/h1-4,6,12,15H,5,7H2. The molecule has 0 aliphatic rings. The van der Waals surface area contributed by atoms with E-state index in [2.05, 4.69) is 12.6 Å². The zero-order valence-corrected chi connectivity index (χ0v) is 8.85. The van der Waals surface area contributed by atoms with Gasteiger partial charge in [-0.1, -0.05) is 12.2 Å². The van der Waals surface area contributed by atoms with Crippen LogP contribution in [0.4, 0.5) is 5.69 Å². The lowest BCUT2D eigenvalue weighted by atomic mass is 10.1. The Morgan fingerprint density at radius 1 is 1.53 bits per heavy atom. The minimum atomic E-state index is -0.502. The van der Waals surface area contributed by atoms with E-state index < -0.39 is 4.92 Å². The third kappa shape index (κ3) is 3.07. The van der Waals surface area contributed by atoms with Crippen LogP contribution < -0.4 is 0 Å². The summed E-state index contributed by atoms with van der Waals surface area (Å²) in [5, 5.41) is 19.5. The lowest BCUT2D eigenvalue weighted by Crippen LogP contribution is -1.95. The van der Waals surface area contributed by atoms with E-state index in [-0.39, 0.29) is 12.3 Å². The molecule has 0 spiro atoms. The quantitative estimate of drug-likeness (QED) is 0.468. The van der Waals surface area contributed by atoms with Crippen molar-refractivity contribution in [3.8, 4) is 0 Å². The first-order valence-corrected chi connectivity index (χ1v) is 4.98. The number of aliphatic hydroxyl groups is 1. The smallest absolute Gasteiger partial charge is 0.274 e. The molecule has 0 atom stereocenters. The number of nitro groups is 1. The number of benzene rings is 1. The largest absolute Gasteiger partial charge is 0.391 e. The number of rotatable bonds is 4. The Bertz CT molecular complexity index is 390. The highest BCUT2D eigenvalue weighted by atomic mass is 32.1. The maximum atomic E-state index is 10.6. The zero-order chi connectivity index (χ0) is 11.3. The van der Waals surface area contributed by atoms with Gasteiger partial charge in [-0.25, -0.2) is 0 Å². The maximum absolute atomic E-state index is 10.6. The van der Waals surface area contributed by atoms with Crippen LogP contribution in [-0.2, 0) is 6.61 Å². The Morgan fingerprint density at radius 2 is 2.27 bits per heavy atom. The summed E-state index contributed by atoms with van der Waals surface area (Å²) in [6, 6.07) is 4.62. The summed E-state index contributed by atoms with van der Waals surface area (Å²) in [5.41, 5.74) is 1.08. The van der Waals surface area contributed by atoms with Gasteiger partial charge in [0.15, 0.2) is 0 Å². The molecule has 0 saturated heterocycles. The van der Waals surface area contributed by atoms with Crippen LogP contribution in [0.25, 0.3) is 6.08 Å². The van der Waals surface area contributed by atoms with Crippen LogP contribution in [0, 0.1) is 10.1 Å². The van der Waals surface area contributed by atoms with E-state index in [1.807, 2.05) is 6.08 Å². The second-order valence-electron chi connectivity index (χ2n) is 2.89. The van der Waals surface area contributed by atoms with Gasteiger partial charge in [-0.15, -0.1) is 0 Å². The van der Waals surface area contributed by atoms with Gasteiger partial charge in [0.25, 0.3) is 5.69 Å². The molecule has 0 aromatic heterocycles. The van der Waals surface area contributed by atoms with E-state index in [4.69, 9.17) is 5.11 Å². The lowest BCUT2D eigenvalue weighted by molar-refractivity contribution is -0.385. The van der Waals surface area contributed by atoms with Gasteiger partial charge in [0.1, 0.15) is 0 Å². The Kier molecular flexibility index (Phi) is 4.33. The Labute approximate surface area is 92.8 Å². The first-order valence-electron chi connectivity index (χ1n) is 4.34. The van der Waals surface area contributed by atoms with Crippen LogP contribution in [0.5, 0.6) is 0 Å². The topological polar surface area (TPSA) is 63.4 Å². The van der Waals surface area contributed by atoms with Gasteiger partial charge in [-0.3, -0.25) is 10.1 Å². The first-order chi connectivity index (χ1) is 7.19. The Balaban J connectivity index is 3.07. The summed E-state index contributed by atoms with van der Waals surface area (Å²) in [7, 11) is 0. The molecular formula is C10H11NO3S. The monoisotopic (exact) mass is 225 g/mol. The van der Waals surface area contributed by atoms with Crippen LogP contribution in [-0.4, -0.2) is 15.8 Å². The van der Waals surface area contributed by atoms with Crippen molar-refractivity contribution in [3.05, 3.63) is 45.5 Å². The van der Waals surface area contributed by atoms with E-state index in [1.54, 1.807) is 18.2 Å². The second kappa shape index (κ2) is 5.53. The average molecular weight is 225 g/mol. The van der Waals surface area contributed by atoms with Crippen LogP contribution in [0.2, 0.25) is 0 Å². The summed E-state index contributed by atoms with van der Waals surface area (Å²) in [5.74, 6) is 0.603. The minimum Gasteiger partial charge on any atom is -0.391 e. The molecule has 0 heterocycles. The number of hydrogen-bond acceptors (Lipinski definition) is 4. The number of nitrogens with zero attached hydrogens (tertiary/aromatic N) is 1. The van der Waals surface area contributed by atoms with Gasteiger partial charge in [-0.05, 0) is 17.7 Å². The fourth-order valence-electron chi connectivity index (χ4n) is 1.20. The first kappa shape index (κ1) is 11.7. The van der Waals surface area contributed by atoms with Gasteiger partial charge in [-0.2, -0.15) is 12.6 Å². The van der Waals surface area contributed by atoms with Crippen LogP contribution >= 0.6 is 12.6 Å². The predicted molar refractivity (Wildman–Crippen MR) is 61.9 cm³/mol. The van der Waals surface area contributed by atoms with Crippen molar-refractivity contribution in [1.82, 2.24) is 0 Å². The fourth-order valence-corrected chi connectivity index (χ4v) is 1.31. The summed E-state index contributed by atoms with van der Waals surface area (Å²) in [4.78, 5) is 10.1. The van der Waals surface area contributed by atoms with Gasteiger partial charge in [0.2, 0.25) is 0 Å². The lowest BCUT2D eigenvalue weighted by Gasteiger charge is -2.00. The van der Waals surface area contributed by atoms with E-state index >= 15 is 0 Å². The summed E-state index contributed by atoms with van der Waals surface area (Å²) < 4.78 is 0. The fraction of sp³-hybridized carbons (Fsp3) is 0.200. The van der Waals surface area contributed by atoms with E-state index in [0.717, 1.165) is 5.56 Å². The van der Waals surface area contributed by atoms with Crippen molar-refractivity contribution in [2.45, 2.75) is 6.61 Å². The summed E-state index contributed by atoms with van der Waals surface area (Å²) >= 11 is 4.01. The molecule has 80 valence electrons. The summed E-state index contributed by atoms with van der Waals surface area (Å²) in [6.07, 6.45) is 3.63. The molecule has 1 aromatic carbocycles. The molecule has 0 bridgehead atoms. The van der Waals surface area contributed by atoms with Crippen molar-refractivity contribution in [2.24, 2.45) is 0 Å². The number of aliphatic hydroxyl groups excluding tert-OH is 1. The van der Waals surface area contributed by atoms with Crippen molar-refractivity contribution >= 4 is 24.4 Å². The Morgan fingerprint density at radius 3 is 2.80 bits per heavy atom. The van der Waals surface area contributed by atoms with Gasteiger partial charge in [0, 0.05) is 11.8 Å². The molecule has 5 heteroatoms. The second-order valence-corrected chi connectivity index (χ2v) is 3.25. The van der Waals surface area contributed by atoms with Crippen LogP contribution in [0.3, 0.4) is 0 Å². The molecule has 1 N–H and O–H groups in total. The number of hydrogen-bond donors (Lipinski definition) is 2.